The Hall–Kier alpha value is -2.54. The number of aromatic nitrogens is 1. The van der Waals surface area contributed by atoms with Crippen LogP contribution in [0.2, 0.25) is 0 Å². The van der Waals surface area contributed by atoms with Gasteiger partial charge in [-0.25, -0.2) is 8.42 Å². The van der Waals surface area contributed by atoms with Crippen LogP contribution in [0.3, 0.4) is 0 Å². The molecule has 0 bridgehead atoms. The molecule has 6 nitrogen and oxygen atoms in total. The minimum Gasteiger partial charge on any atom is -0.423 e. The van der Waals surface area contributed by atoms with Crippen LogP contribution in [-0.4, -0.2) is 25.7 Å². The zero-order valence-corrected chi connectivity index (χ0v) is 13.1. The zero-order chi connectivity index (χ0) is 15.9. The highest BCUT2D eigenvalue weighted by Gasteiger charge is 2.28. The van der Waals surface area contributed by atoms with Gasteiger partial charge in [-0.3, -0.25) is 4.31 Å². The molecule has 2 heterocycles. The Bertz CT molecular complexity index is 915. The number of fused-ring (bicyclic) bond motifs is 1. The number of nitrogens with zero attached hydrogens (tertiary/aromatic N) is 2. The second kappa shape index (κ2) is 5.27. The zero-order valence-electron chi connectivity index (χ0n) is 12.3. The van der Waals surface area contributed by atoms with Gasteiger partial charge in [0, 0.05) is 12.2 Å². The van der Waals surface area contributed by atoms with E-state index in [9.17, 15) is 8.42 Å². The van der Waals surface area contributed by atoms with Crippen molar-refractivity contribution in [1.29, 1.82) is 0 Å². The Kier molecular flexibility index (Phi) is 3.23. The molecule has 0 amide bonds. The minimum absolute atomic E-state index is 0.218. The Labute approximate surface area is 133 Å². The smallest absolute Gasteiger partial charge is 0.300 e. The van der Waals surface area contributed by atoms with Gasteiger partial charge in [0.1, 0.15) is 5.52 Å². The third-order valence-electron chi connectivity index (χ3n) is 3.80. The SMILES string of the molecule is O=S1(=O)CCCN1c1ccc(Nc2nc3ccccc3o2)cc1. The second-order valence-corrected chi connectivity index (χ2v) is 7.41. The topological polar surface area (TPSA) is 75.4 Å². The van der Waals surface area contributed by atoms with Gasteiger partial charge in [0.2, 0.25) is 10.0 Å². The Morgan fingerprint density at radius 3 is 2.57 bits per heavy atom. The van der Waals surface area contributed by atoms with E-state index in [2.05, 4.69) is 10.3 Å². The third kappa shape index (κ3) is 2.63. The lowest BCUT2D eigenvalue weighted by Gasteiger charge is -2.17. The first-order valence-corrected chi connectivity index (χ1v) is 8.96. The number of nitrogens with one attached hydrogen (secondary N) is 1. The van der Waals surface area contributed by atoms with Gasteiger partial charge in [-0.2, -0.15) is 4.98 Å². The Balaban J connectivity index is 1.56. The van der Waals surface area contributed by atoms with Crippen LogP contribution in [0.15, 0.2) is 52.9 Å². The van der Waals surface area contributed by atoms with Crippen molar-refractivity contribution in [2.45, 2.75) is 6.42 Å². The summed E-state index contributed by atoms with van der Waals surface area (Å²) >= 11 is 0. The molecule has 1 aromatic heterocycles. The van der Waals surface area contributed by atoms with E-state index < -0.39 is 10.0 Å². The molecule has 0 spiro atoms. The standard InChI is InChI=1S/C16H15N3O3S/c20-23(21)11-3-10-19(23)13-8-6-12(7-9-13)17-16-18-14-4-1-2-5-15(14)22-16/h1-2,4-9H,3,10-11H2,(H,17,18). The summed E-state index contributed by atoms with van der Waals surface area (Å²) in [6.45, 7) is 0.542. The highest BCUT2D eigenvalue weighted by atomic mass is 32.2. The first-order chi connectivity index (χ1) is 11.1. The van der Waals surface area contributed by atoms with Crippen molar-refractivity contribution < 1.29 is 12.8 Å². The number of para-hydroxylation sites is 2. The summed E-state index contributed by atoms with van der Waals surface area (Å²) in [5.74, 6) is 0.218. The molecule has 0 unspecified atom stereocenters. The first kappa shape index (κ1) is 14.1. The van der Waals surface area contributed by atoms with E-state index in [-0.39, 0.29) is 5.75 Å². The molecule has 1 aliphatic rings. The van der Waals surface area contributed by atoms with Crippen LogP contribution in [0, 0.1) is 0 Å². The van der Waals surface area contributed by atoms with E-state index in [4.69, 9.17) is 4.42 Å². The van der Waals surface area contributed by atoms with E-state index in [0.29, 0.717) is 24.7 Å². The number of hydrogen-bond acceptors (Lipinski definition) is 5. The molecule has 23 heavy (non-hydrogen) atoms. The quantitative estimate of drug-likeness (QED) is 0.799. The molecule has 3 aromatic rings. The number of rotatable bonds is 3. The fourth-order valence-electron chi connectivity index (χ4n) is 2.69. The van der Waals surface area contributed by atoms with Crippen LogP contribution in [0.1, 0.15) is 6.42 Å². The summed E-state index contributed by atoms with van der Waals surface area (Å²) in [4.78, 5) is 4.35. The normalized spacial score (nSPS) is 16.8. The van der Waals surface area contributed by atoms with Gasteiger partial charge in [-0.15, -0.1) is 0 Å². The molecule has 0 radical (unpaired) electrons. The number of oxazole rings is 1. The molecule has 0 atom stereocenters. The molecule has 4 rings (SSSR count). The maximum Gasteiger partial charge on any atom is 0.300 e. The Morgan fingerprint density at radius 1 is 1.09 bits per heavy atom. The van der Waals surface area contributed by atoms with Crippen LogP contribution in [-0.2, 0) is 10.0 Å². The van der Waals surface area contributed by atoms with Crippen molar-refractivity contribution in [3.8, 4) is 0 Å². The molecule has 1 aliphatic heterocycles. The molecule has 1 saturated heterocycles. The third-order valence-corrected chi connectivity index (χ3v) is 5.67. The lowest BCUT2D eigenvalue weighted by molar-refractivity contribution is 0.599. The monoisotopic (exact) mass is 329 g/mol. The predicted molar refractivity (Wildman–Crippen MR) is 89.5 cm³/mol. The molecule has 118 valence electrons. The minimum atomic E-state index is -3.15. The van der Waals surface area contributed by atoms with E-state index in [1.807, 2.05) is 36.4 Å². The summed E-state index contributed by atoms with van der Waals surface area (Å²) in [5, 5.41) is 3.09. The van der Waals surface area contributed by atoms with Gasteiger partial charge in [0.25, 0.3) is 6.01 Å². The number of benzene rings is 2. The van der Waals surface area contributed by atoms with Gasteiger partial charge in [-0.05, 0) is 42.8 Å². The lowest BCUT2D eigenvalue weighted by Crippen LogP contribution is -2.24. The molecular formula is C16H15N3O3S. The summed E-state index contributed by atoms with van der Waals surface area (Å²) in [6, 6.07) is 15.1. The first-order valence-electron chi connectivity index (χ1n) is 7.35. The van der Waals surface area contributed by atoms with Crippen LogP contribution in [0.5, 0.6) is 0 Å². The fourth-order valence-corrected chi connectivity index (χ4v) is 4.25. The molecule has 1 fully saturated rings. The molecule has 1 N–H and O–H groups in total. The van der Waals surface area contributed by atoms with Crippen molar-refractivity contribution in [3.05, 3.63) is 48.5 Å². The maximum absolute atomic E-state index is 11.9. The van der Waals surface area contributed by atoms with Crippen molar-refractivity contribution in [2.75, 3.05) is 21.9 Å². The predicted octanol–water partition coefficient (Wildman–Crippen LogP) is 3.11. The molecule has 2 aromatic carbocycles. The average molecular weight is 329 g/mol. The highest BCUT2D eigenvalue weighted by molar-refractivity contribution is 7.93. The van der Waals surface area contributed by atoms with E-state index in [1.54, 1.807) is 12.1 Å². The van der Waals surface area contributed by atoms with E-state index >= 15 is 0 Å². The average Bonchev–Trinajstić information content (AvgIpc) is 3.10. The van der Waals surface area contributed by atoms with Crippen LogP contribution in [0.4, 0.5) is 17.4 Å². The van der Waals surface area contributed by atoms with Crippen molar-refractivity contribution in [1.82, 2.24) is 4.98 Å². The van der Waals surface area contributed by atoms with Gasteiger partial charge >= 0.3 is 0 Å². The van der Waals surface area contributed by atoms with Gasteiger partial charge in [0.15, 0.2) is 5.58 Å². The largest absolute Gasteiger partial charge is 0.423 e. The van der Waals surface area contributed by atoms with Crippen molar-refractivity contribution in [3.63, 3.8) is 0 Å². The molecule has 0 saturated carbocycles. The van der Waals surface area contributed by atoms with Crippen molar-refractivity contribution in [2.24, 2.45) is 0 Å². The number of sulfonamides is 1. The maximum atomic E-state index is 11.9. The van der Waals surface area contributed by atoms with Crippen LogP contribution >= 0.6 is 0 Å². The summed E-state index contributed by atoms with van der Waals surface area (Å²) in [7, 11) is -3.15. The van der Waals surface area contributed by atoms with Crippen molar-refractivity contribution >= 4 is 38.5 Å². The van der Waals surface area contributed by atoms with Crippen LogP contribution in [0.25, 0.3) is 11.1 Å². The molecule has 0 aliphatic carbocycles. The van der Waals surface area contributed by atoms with Gasteiger partial charge < -0.3 is 9.73 Å². The van der Waals surface area contributed by atoms with Gasteiger partial charge in [-0.1, -0.05) is 12.1 Å². The van der Waals surface area contributed by atoms with E-state index in [0.717, 1.165) is 16.8 Å². The Morgan fingerprint density at radius 2 is 1.87 bits per heavy atom. The summed E-state index contributed by atoms with van der Waals surface area (Å²) in [5.41, 5.74) is 2.98. The number of hydrogen-bond donors (Lipinski definition) is 1. The summed E-state index contributed by atoms with van der Waals surface area (Å²) < 4.78 is 30.9. The fraction of sp³-hybridized carbons (Fsp3) is 0.188. The highest BCUT2D eigenvalue weighted by Crippen LogP contribution is 2.27. The van der Waals surface area contributed by atoms with Crippen LogP contribution < -0.4 is 9.62 Å². The molecular weight excluding hydrogens is 314 g/mol. The second-order valence-electron chi connectivity index (χ2n) is 5.40. The summed E-state index contributed by atoms with van der Waals surface area (Å²) in [6.07, 6.45) is 0.672. The lowest BCUT2D eigenvalue weighted by atomic mass is 10.3. The number of anilines is 3. The van der Waals surface area contributed by atoms with E-state index in [1.165, 1.54) is 4.31 Å². The van der Waals surface area contributed by atoms with Gasteiger partial charge in [0.05, 0.1) is 11.4 Å². The molecule has 7 heteroatoms.